The minimum absolute atomic E-state index is 0.0195. The summed E-state index contributed by atoms with van der Waals surface area (Å²) >= 11 is 0. The van der Waals surface area contributed by atoms with E-state index < -0.39 is 10.0 Å². The van der Waals surface area contributed by atoms with Gasteiger partial charge < -0.3 is 5.32 Å². The van der Waals surface area contributed by atoms with E-state index in [-0.39, 0.29) is 16.8 Å². The Morgan fingerprint density at radius 1 is 1.09 bits per heavy atom. The highest BCUT2D eigenvalue weighted by Gasteiger charge is 2.29. The fraction of sp³-hybridized carbons (Fsp3) is 0.375. The van der Waals surface area contributed by atoms with Gasteiger partial charge in [0, 0.05) is 25.2 Å². The van der Waals surface area contributed by atoms with Crippen molar-refractivity contribution in [2.45, 2.75) is 56.1 Å². The first-order chi connectivity index (χ1) is 15.9. The molecule has 0 saturated heterocycles. The summed E-state index contributed by atoms with van der Waals surface area (Å²) in [6.07, 6.45) is 8.16. The van der Waals surface area contributed by atoms with Gasteiger partial charge >= 0.3 is 0 Å². The van der Waals surface area contributed by atoms with Gasteiger partial charge in [0.1, 0.15) is 12.7 Å². The molecule has 174 valence electrons. The lowest BCUT2D eigenvalue weighted by Gasteiger charge is -2.30. The van der Waals surface area contributed by atoms with Crippen molar-refractivity contribution in [3.63, 3.8) is 0 Å². The molecule has 1 saturated carbocycles. The van der Waals surface area contributed by atoms with Crippen LogP contribution in [0, 0.1) is 0 Å². The molecule has 0 bridgehead atoms. The maximum atomic E-state index is 13.1. The molecule has 3 aromatic rings. The van der Waals surface area contributed by atoms with E-state index in [1.54, 1.807) is 36.3 Å². The van der Waals surface area contributed by atoms with Crippen molar-refractivity contribution in [3.05, 3.63) is 77.9 Å². The maximum absolute atomic E-state index is 13.1. The summed E-state index contributed by atoms with van der Waals surface area (Å²) < 4.78 is 29.5. The number of nitrogens with zero attached hydrogens (tertiary/aromatic N) is 4. The zero-order chi connectivity index (χ0) is 23.3. The molecule has 1 aliphatic carbocycles. The van der Waals surface area contributed by atoms with Crippen LogP contribution in [0.15, 0.2) is 66.1 Å². The average Bonchev–Trinajstić information content (AvgIpc) is 3.36. The molecule has 1 aliphatic rings. The Morgan fingerprint density at radius 2 is 1.85 bits per heavy atom. The molecule has 0 aliphatic heterocycles. The number of sulfonamides is 1. The van der Waals surface area contributed by atoms with Crippen LogP contribution in [0.5, 0.6) is 0 Å². The van der Waals surface area contributed by atoms with E-state index in [1.807, 2.05) is 24.3 Å². The van der Waals surface area contributed by atoms with Crippen molar-refractivity contribution >= 4 is 15.9 Å². The third kappa shape index (κ3) is 5.66. The lowest BCUT2D eigenvalue weighted by atomic mass is 9.96. The van der Waals surface area contributed by atoms with E-state index in [4.69, 9.17) is 0 Å². The van der Waals surface area contributed by atoms with E-state index in [2.05, 4.69) is 15.4 Å². The van der Waals surface area contributed by atoms with Crippen LogP contribution in [-0.2, 0) is 23.1 Å². The van der Waals surface area contributed by atoms with Crippen molar-refractivity contribution in [2.75, 3.05) is 7.05 Å². The minimum Gasteiger partial charge on any atom is -0.348 e. The van der Waals surface area contributed by atoms with Gasteiger partial charge in [0.05, 0.1) is 11.4 Å². The lowest BCUT2D eigenvalue weighted by Crippen LogP contribution is -2.38. The topological polar surface area (TPSA) is 97.2 Å². The molecule has 0 unspecified atom stereocenters. The molecule has 2 aromatic carbocycles. The van der Waals surface area contributed by atoms with E-state index in [9.17, 15) is 13.2 Å². The van der Waals surface area contributed by atoms with E-state index >= 15 is 0 Å². The van der Waals surface area contributed by atoms with Gasteiger partial charge in [-0.3, -0.25) is 4.79 Å². The Morgan fingerprint density at radius 3 is 2.61 bits per heavy atom. The predicted octanol–water partition coefficient (Wildman–Crippen LogP) is 3.21. The molecule has 1 amide bonds. The highest BCUT2D eigenvalue weighted by Crippen LogP contribution is 2.26. The van der Waals surface area contributed by atoms with Crippen LogP contribution in [0.4, 0.5) is 0 Å². The van der Waals surface area contributed by atoms with Crippen molar-refractivity contribution in [2.24, 2.45) is 0 Å². The smallest absolute Gasteiger partial charge is 0.251 e. The van der Waals surface area contributed by atoms with E-state index in [0.717, 1.165) is 43.2 Å². The summed E-state index contributed by atoms with van der Waals surface area (Å²) in [6, 6.07) is 14.2. The predicted molar refractivity (Wildman–Crippen MR) is 125 cm³/mol. The number of nitrogens with one attached hydrogen (secondary N) is 1. The fourth-order valence-electron chi connectivity index (χ4n) is 4.23. The van der Waals surface area contributed by atoms with Crippen molar-refractivity contribution in [1.82, 2.24) is 24.4 Å². The van der Waals surface area contributed by atoms with Crippen molar-refractivity contribution in [1.29, 1.82) is 0 Å². The molecule has 9 heteroatoms. The van der Waals surface area contributed by atoms with Crippen LogP contribution < -0.4 is 5.32 Å². The van der Waals surface area contributed by atoms with Crippen LogP contribution in [0.2, 0.25) is 0 Å². The summed E-state index contributed by atoms with van der Waals surface area (Å²) in [4.78, 5) is 16.9. The number of hydrogen-bond acceptors (Lipinski definition) is 5. The number of carbonyl (C=O) groups is 1. The second kappa shape index (κ2) is 10.3. The number of aromatic nitrogens is 3. The molecular weight excluding hydrogens is 438 g/mol. The Kier molecular flexibility index (Phi) is 7.20. The van der Waals surface area contributed by atoms with Crippen LogP contribution in [0.1, 0.15) is 53.6 Å². The Bertz CT molecular complexity index is 1190. The first-order valence-corrected chi connectivity index (χ1v) is 12.6. The fourth-order valence-corrected chi connectivity index (χ4v) is 5.69. The summed E-state index contributed by atoms with van der Waals surface area (Å²) in [5.41, 5.74) is 2.32. The molecule has 8 nitrogen and oxygen atoms in total. The van der Waals surface area contributed by atoms with Gasteiger partial charge in [-0.2, -0.15) is 9.40 Å². The first-order valence-electron chi connectivity index (χ1n) is 11.2. The van der Waals surface area contributed by atoms with Crippen LogP contribution in [0.25, 0.3) is 0 Å². The highest BCUT2D eigenvalue weighted by molar-refractivity contribution is 7.89. The van der Waals surface area contributed by atoms with Crippen LogP contribution >= 0.6 is 0 Å². The molecule has 1 fully saturated rings. The van der Waals surface area contributed by atoms with E-state index in [0.29, 0.717) is 18.7 Å². The molecule has 1 N–H and O–H groups in total. The van der Waals surface area contributed by atoms with Gasteiger partial charge in [-0.1, -0.05) is 49.6 Å². The molecule has 1 heterocycles. The summed E-state index contributed by atoms with van der Waals surface area (Å²) in [5.74, 6) is -0.311. The standard InChI is InChI=1S/C24H29N5O3S/c1-28(22-10-3-2-4-11-22)33(31,32)23-12-6-9-21(14-23)24(30)26-15-19-7-5-8-20(13-19)16-29-18-25-17-27-29/h5-9,12-14,17-18,22H,2-4,10-11,15-16H2,1H3,(H,26,30). The minimum atomic E-state index is -3.65. The SMILES string of the molecule is CN(C1CCCCC1)S(=O)(=O)c1cccc(C(=O)NCc2cccc(Cn3cncn3)c2)c1. The maximum Gasteiger partial charge on any atom is 0.251 e. The lowest BCUT2D eigenvalue weighted by molar-refractivity contribution is 0.0950. The molecule has 0 radical (unpaired) electrons. The Hall–Kier alpha value is -3.04. The summed E-state index contributed by atoms with van der Waals surface area (Å²) in [6.45, 7) is 0.930. The average molecular weight is 468 g/mol. The molecule has 1 aromatic heterocycles. The first kappa shape index (κ1) is 23.1. The molecule has 0 atom stereocenters. The Balaban J connectivity index is 1.41. The number of benzene rings is 2. The highest BCUT2D eigenvalue weighted by atomic mass is 32.2. The van der Waals surface area contributed by atoms with Crippen molar-refractivity contribution < 1.29 is 13.2 Å². The van der Waals surface area contributed by atoms with Gasteiger partial charge in [0.25, 0.3) is 5.91 Å². The third-order valence-electron chi connectivity index (χ3n) is 6.12. The second-order valence-electron chi connectivity index (χ2n) is 8.44. The molecule has 33 heavy (non-hydrogen) atoms. The molecule has 4 rings (SSSR count). The Labute approximate surface area is 194 Å². The van der Waals surface area contributed by atoms with Gasteiger partial charge in [-0.25, -0.2) is 18.1 Å². The number of carbonyl (C=O) groups excluding carboxylic acids is 1. The van der Waals surface area contributed by atoms with Gasteiger partial charge in [-0.15, -0.1) is 0 Å². The van der Waals surface area contributed by atoms with E-state index in [1.165, 1.54) is 16.7 Å². The van der Waals surface area contributed by atoms with Gasteiger partial charge in [0.15, 0.2) is 0 Å². The second-order valence-corrected chi connectivity index (χ2v) is 10.4. The molecular formula is C24H29N5O3S. The number of hydrogen-bond donors (Lipinski definition) is 1. The van der Waals surface area contributed by atoms with Crippen LogP contribution in [0.3, 0.4) is 0 Å². The van der Waals surface area contributed by atoms with Gasteiger partial charge in [-0.05, 0) is 42.2 Å². The summed E-state index contributed by atoms with van der Waals surface area (Å²) in [5, 5.41) is 7.00. The van der Waals surface area contributed by atoms with Gasteiger partial charge in [0.2, 0.25) is 10.0 Å². The zero-order valence-electron chi connectivity index (χ0n) is 18.7. The third-order valence-corrected chi connectivity index (χ3v) is 8.02. The summed E-state index contributed by atoms with van der Waals surface area (Å²) in [7, 11) is -2.01. The largest absolute Gasteiger partial charge is 0.348 e. The number of rotatable bonds is 8. The van der Waals surface area contributed by atoms with Crippen LogP contribution in [-0.4, -0.2) is 46.5 Å². The van der Waals surface area contributed by atoms with Crippen molar-refractivity contribution in [3.8, 4) is 0 Å². The quantitative estimate of drug-likeness (QED) is 0.549. The zero-order valence-corrected chi connectivity index (χ0v) is 19.5. The monoisotopic (exact) mass is 467 g/mol. The molecule has 0 spiro atoms. The number of amides is 1. The normalized spacial score (nSPS) is 15.0.